The van der Waals surface area contributed by atoms with Crippen LogP contribution in [0.3, 0.4) is 0 Å². The molecule has 2 rings (SSSR count). The van der Waals surface area contributed by atoms with Gasteiger partial charge in [-0.15, -0.1) is 17.5 Å². The van der Waals surface area contributed by atoms with Gasteiger partial charge in [-0.1, -0.05) is 0 Å². The van der Waals surface area contributed by atoms with E-state index in [1.165, 1.54) is 6.42 Å². The fraction of sp³-hybridized carbons (Fsp3) is 0.600. The van der Waals surface area contributed by atoms with Gasteiger partial charge in [0.15, 0.2) is 5.82 Å². The van der Waals surface area contributed by atoms with Gasteiger partial charge in [-0.25, -0.2) is 0 Å². The third kappa shape index (κ3) is 2.79. The molecule has 15 heavy (non-hydrogen) atoms. The van der Waals surface area contributed by atoms with Crippen molar-refractivity contribution in [3.8, 4) is 0 Å². The molecule has 0 spiro atoms. The van der Waals surface area contributed by atoms with Gasteiger partial charge in [-0.2, -0.15) is 5.10 Å². The number of nitrogens with zero attached hydrogens (tertiary/aromatic N) is 3. The second-order valence-electron chi connectivity index (χ2n) is 3.79. The summed E-state index contributed by atoms with van der Waals surface area (Å²) < 4.78 is 0. The van der Waals surface area contributed by atoms with Crippen LogP contribution in [0, 0.1) is 6.92 Å². The van der Waals surface area contributed by atoms with Crippen LogP contribution in [-0.4, -0.2) is 36.4 Å². The predicted octanol–water partition coefficient (Wildman–Crippen LogP) is 1.00. The van der Waals surface area contributed by atoms with Gasteiger partial charge in [0.1, 0.15) is 0 Å². The van der Waals surface area contributed by atoms with Gasteiger partial charge in [0.05, 0.1) is 5.69 Å². The van der Waals surface area contributed by atoms with Crippen LogP contribution < -0.4 is 10.2 Å². The molecule has 1 aliphatic heterocycles. The van der Waals surface area contributed by atoms with Crippen LogP contribution in [0.5, 0.6) is 0 Å². The lowest BCUT2D eigenvalue weighted by Crippen LogP contribution is -2.34. The van der Waals surface area contributed by atoms with Crippen molar-refractivity contribution < 1.29 is 0 Å². The van der Waals surface area contributed by atoms with Crippen LogP contribution in [0.25, 0.3) is 0 Å². The number of hydrogen-bond donors (Lipinski definition) is 1. The van der Waals surface area contributed by atoms with Gasteiger partial charge >= 0.3 is 0 Å². The first-order chi connectivity index (χ1) is 6.77. The van der Waals surface area contributed by atoms with E-state index in [0.717, 1.165) is 24.6 Å². The average Bonchev–Trinajstić information content (AvgIpc) is 2.71. The molecule has 4 nitrogen and oxygen atoms in total. The topological polar surface area (TPSA) is 41.0 Å². The first kappa shape index (κ1) is 12.2. The Balaban J connectivity index is 0.00000112. The summed E-state index contributed by atoms with van der Waals surface area (Å²) in [4.78, 5) is 2.20. The summed E-state index contributed by atoms with van der Waals surface area (Å²) in [6.45, 7) is 4.11. The normalized spacial score (nSPS) is 19.7. The van der Waals surface area contributed by atoms with Gasteiger partial charge in [0.25, 0.3) is 0 Å². The predicted molar refractivity (Wildman–Crippen MR) is 63.7 cm³/mol. The maximum Gasteiger partial charge on any atom is 0.151 e. The molecule has 0 aliphatic carbocycles. The van der Waals surface area contributed by atoms with Gasteiger partial charge in [0.2, 0.25) is 0 Å². The molecule has 1 aliphatic rings. The highest BCUT2D eigenvalue weighted by Gasteiger charge is 2.20. The number of hydrogen-bond acceptors (Lipinski definition) is 4. The minimum Gasteiger partial charge on any atom is -0.354 e. The summed E-state index contributed by atoms with van der Waals surface area (Å²) in [5.41, 5.74) is 0.965. The number of aromatic nitrogens is 2. The lowest BCUT2D eigenvalue weighted by molar-refractivity contribution is 0.671. The Morgan fingerprint density at radius 2 is 2.20 bits per heavy atom. The molecule has 1 fully saturated rings. The zero-order chi connectivity index (χ0) is 9.97. The van der Waals surface area contributed by atoms with E-state index in [2.05, 4.69) is 27.5 Å². The molecule has 1 aromatic heterocycles. The Morgan fingerprint density at radius 1 is 1.40 bits per heavy atom. The van der Waals surface area contributed by atoms with E-state index in [0.29, 0.717) is 6.04 Å². The van der Waals surface area contributed by atoms with Crippen LogP contribution in [0.4, 0.5) is 5.82 Å². The Hall–Kier alpha value is -0.870. The number of rotatable bonds is 2. The van der Waals surface area contributed by atoms with Crippen LogP contribution >= 0.6 is 12.4 Å². The van der Waals surface area contributed by atoms with Crippen molar-refractivity contribution in [2.45, 2.75) is 19.4 Å². The van der Waals surface area contributed by atoms with Crippen molar-refractivity contribution >= 4 is 18.2 Å². The average molecular weight is 229 g/mol. The fourth-order valence-corrected chi connectivity index (χ4v) is 1.74. The molecular weight excluding hydrogens is 212 g/mol. The highest BCUT2D eigenvalue weighted by Crippen LogP contribution is 2.14. The minimum atomic E-state index is 0. The molecule has 1 aromatic rings. The summed E-state index contributed by atoms with van der Waals surface area (Å²) in [5, 5.41) is 11.6. The highest BCUT2D eigenvalue weighted by atomic mass is 35.5. The Bertz CT molecular complexity index is 295. The molecule has 0 saturated carbocycles. The molecule has 1 N–H and O–H groups in total. The first-order valence-electron chi connectivity index (χ1n) is 5.01. The van der Waals surface area contributed by atoms with E-state index in [-0.39, 0.29) is 12.4 Å². The van der Waals surface area contributed by atoms with E-state index in [1.807, 2.05) is 19.1 Å². The second kappa shape index (κ2) is 5.28. The Kier molecular flexibility index (Phi) is 4.29. The van der Waals surface area contributed by atoms with E-state index in [9.17, 15) is 0 Å². The lowest BCUT2D eigenvalue weighted by atomic mass is 10.2. The molecule has 1 atom stereocenters. The van der Waals surface area contributed by atoms with Crippen molar-refractivity contribution in [1.82, 2.24) is 15.5 Å². The summed E-state index contributed by atoms with van der Waals surface area (Å²) in [6, 6.07) is 4.59. The van der Waals surface area contributed by atoms with Gasteiger partial charge in [0, 0.05) is 19.6 Å². The third-order valence-corrected chi connectivity index (χ3v) is 2.73. The maximum absolute atomic E-state index is 4.17. The largest absolute Gasteiger partial charge is 0.354 e. The molecule has 1 saturated heterocycles. The molecule has 84 valence electrons. The van der Waals surface area contributed by atoms with Crippen LogP contribution in [0.15, 0.2) is 12.1 Å². The summed E-state index contributed by atoms with van der Waals surface area (Å²) in [6.07, 6.45) is 1.19. The van der Waals surface area contributed by atoms with E-state index in [4.69, 9.17) is 0 Å². The van der Waals surface area contributed by atoms with Gasteiger partial charge in [-0.3, -0.25) is 0 Å². The molecule has 1 unspecified atom stereocenters. The maximum atomic E-state index is 4.17. The molecule has 5 heteroatoms. The van der Waals surface area contributed by atoms with Crippen LogP contribution in [0.2, 0.25) is 0 Å². The van der Waals surface area contributed by atoms with Crippen LogP contribution in [-0.2, 0) is 0 Å². The van der Waals surface area contributed by atoms with Crippen molar-refractivity contribution in [3.63, 3.8) is 0 Å². The summed E-state index contributed by atoms with van der Waals surface area (Å²) >= 11 is 0. The highest BCUT2D eigenvalue weighted by molar-refractivity contribution is 5.85. The summed E-state index contributed by atoms with van der Waals surface area (Å²) in [7, 11) is 2.08. The van der Waals surface area contributed by atoms with E-state index < -0.39 is 0 Å². The van der Waals surface area contributed by atoms with E-state index in [1.54, 1.807) is 0 Å². The number of nitrogens with one attached hydrogen (secondary N) is 1. The third-order valence-electron chi connectivity index (χ3n) is 2.73. The number of anilines is 1. The molecule has 0 amide bonds. The van der Waals surface area contributed by atoms with Gasteiger partial charge in [-0.05, 0) is 32.0 Å². The molecule has 0 bridgehead atoms. The smallest absolute Gasteiger partial charge is 0.151 e. The van der Waals surface area contributed by atoms with Gasteiger partial charge < -0.3 is 10.2 Å². The summed E-state index contributed by atoms with van der Waals surface area (Å²) in [5.74, 6) is 0.962. The molecule has 0 radical (unpaired) electrons. The van der Waals surface area contributed by atoms with Crippen LogP contribution in [0.1, 0.15) is 12.1 Å². The number of halogens is 1. The Morgan fingerprint density at radius 3 is 2.73 bits per heavy atom. The zero-order valence-corrected chi connectivity index (χ0v) is 9.92. The molecular formula is C10H17ClN4. The van der Waals surface area contributed by atoms with Crippen molar-refractivity contribution in [1.29, 1.82) is 0 Å². The number of aryl methyl sites for hydroxylation is 1. The standard InChI is InChI=1S/C10H16N4.ClH/c1-8-3-4-10(13-12-8)14(2)9-5-6-11-7-9;/h3-4,9,11H,5-7H2,1-2H3;1H. The minimum absolute atomic E-state index is 0. The number of likely N-dealkylation sites (N-methyl/N-ethyl adjacent to an activating group) is 1. The van der Waals surface area contributed by atoms with Crippen molar-refractivity contribution in [3.05, 3.63) is 17.8 Å². The molecule has 0 aromatic carbocycles. The first-order valence-corrected chi connectivity index (χ1v) is 5.01. The second-order valence-corrected chi connectivity index (χ2v) is 3.79. The lowest BCUT2D eigenvalue weighted by Gasteiger charge is -2.24. The fourth-order valence-electron chi connectivity index (χ4n) is 1.74. The van der Waals surface area contributed by atoms with Crippen molar-refractivity contribution in [2.24, 2.45) is 0 Å². The zero-order valence-electron chi connectivity index (χ0n) is 9.10. The quantitative estimate of drug-likeness (QED) is 0.820. The molecule has 2 heterocycles. The monoisotopic (exact) mass is 228 g/mol. The SMILES string of the molecule is Cc1ccc(N(C)C2CCNC2)nn1.Cl. The van der Waals surface area contributed by atoms with Crippen molar-refractivity contribution in [2.75, 3.05) is 25.0 Å². The Labute approximate surface area is 96.5 Å². The van der Waals surface area contributed by atoms with E-state index >= 15 is 0 Å².